The molecule has 3 aliphatic carbocycles. The van der Waals surface area contributed by atoms with Gasteiger partial charge >= 0.3 is 0 Å². The van der Waals surface area contributed by atoms with Crippen LogP contribution in [-0.4, -0.2) is 20.2 Å². The van der Waals surface area contributed by atoms with Gasteiger partial charge in [0.1, 0.15) is 5.78 Å². The number of ketones is 1. The highest BCUT2D eigenvalue weighted by Crippen LogP contribution is 2.60. The zero-order valence-corrected chi connectivity index (χ0v) is 20.9. The Balaban J connectivity index is 1.74. The van der Waals surface area contributed by atoms with Gasteiger partial charge in [0.15, 0.2) is 8.32 Å². The average molecular weight is 425 g/mol. The van der Waals surface area contributed by atoms with E-state index in [-0.39, 0.29) is 11.0 Å². The summed E-state index contributed by atoms with van der Waals surface area (Å²) in [7, 11) is -1.76. The highest BCUT2D eigenvalue weighted by molar-refractivity contribution is 6.74. The zero-order valence-electron chi connectivity index (χ0n) is 19.1. The lowest BCUT2D eigenvalue weighted by Gasteiger charge is -2.52. The predicted octanol–water partition coefficient (Wildman–Crippen LogP) is 7.33. The van der Waals surface area contributed by atoms with Crippen LogP contribution in [0, 0.1) is 29.1 Å². The number of fused-ring (bicyclic) bond motifs is 2. The lowest BCUT2D eigenvalue weighted by atomic mass is 9.56. The predicted molar refractivity (Wildman–Crippen MR) is 121 cm³/mol. The number of carbonyl (C=O) groups is 1. The first-order valence-corrected chi connectivity index (χ1v) is 14.6. The molecule has 3 saturated carbocycles. The summed E-state index contributed by atoms with van der Waals surface area (Å²) >= 11 is 6.03. The summed E-state index contributed by atoms with van der Waals surface area (Å²) in [6.45, 7) is 16.2. The highest BCUT2D eigenvalue weighted by Gasteiger charge is 2.56. The first-order valence-electron chi connectivity index (χ1n) is 11.4. The lowest BCUT2D eigenvalue weighted by Crippen LogP contribution is -2.51. The van der Waals surface area contributed by atoms with Crippen molar-refractivity contribution in [1.29, 1.82) is 0 Å². The number of rotatable bonds is 4. The van der Waals surface area contributed by atoms with E-state index in [0.717, 1.165) is 30.2 Å². The number of hydrogen-bond donors (Lipinski definition) is 0. The molecule has 0 radical (unpaired) electrons. The van der Waals surface area contributed by atoms with E-state index in [1.54, 1.807) is 0 Å². The van der Waals surface area contributed by atoms with Crippen LogP contribution < -0.4 is 0 Å². The summed E-state index contributed by atoms with van der Waals surface area (Å²) in [5.41, 5.74) is 0.292. The smallest absolute Gasteiger partial charge is 0.192 e. The summed E-state index contributed by atoms with van der Waals surface area (Å²) in [6, 6.07) is 0. The summed E-state index contributed by atoms with van der Waals surface area (Å²) < 4.78 is 6.99. The van der Waals surface area contributed by atoms with Crippen LogP contribution in [0.4, 0.5) is 0 Å². The molecule has 3 aliphatic rings. The van der Waals surface area contributed by atoms with Crippen molar-refractivity contribution in [3.8, 4) is 0 Å². The van der Waals surface area contributed by atoms with Gasteiger partial charge in [-0.25, -0.2) is 0 Å². The third-order valence-corrected chi connectivity index (χ3v) is 13.5. The Kier molecular flexibility index (Phi) is 6.33. The van der Waals surface area contributed by atoms with E-state index in [0.29, 0.717) is 29.1 Å². The number of halogens is 1. The van der Waals surface area contributed by atoms with Crippen molar-refractivity contribution in [2.75, 3.05) is 0 Å². The minimum Gasteiger partial charge on any atom is -0.413 e. The van der Waals surface area contributed by atoms with Crippen molar-refractivity contribution in [3.63, 3.8) is 0 Å². The molecule has 6 atom stereocenters. The van der Waals surface area contributed by atoms with Gasteiger partial charge in [-0.1, -0.05) is 45.4 Å². The highest BCUT2D eigenvalue weighted by atomic mass is 35.5. The molecule has 0 bridgehead atoms. The van der Waals surface area contributed by atoms with Crippen LogP contribution in [-0.2, 0) is 9.22 Å². The molecule has 1 unspecified atom stereocenters. The number of carbonyl (C=O) groups excluding carboxylic acids is 1. The Bertz CT molecular complexity index is 631. The zero-order chi connectivity index (χ0) is 20.9. The van der Waals surface area contributed by atoms with Crippen molar-refractivity contribution in [3.05, 3.63) is 11.1 Å². The van der Waals surface area contributed by atoms with Gasteiger partial charge in [-0.3, -0.25) is 4.79 Å². The van der Waals surface area contributed by atoms with Crippen molar-refractivity contribution < 1.29 is 9.22 Å². The van der Waals surface area contributed by atoms with Gasteiger partial charge in [-0.2, -0.15) is 0 Å². The van der Waals surface area contributed by atoms with Crippen LogP contribution in [0.25, 0.3) is 0 Å². The Labute approximate surface area is 179 Å². The van der Waals surface area contributed by atoms with Crippen LogP contribution in [0.2, 0.25) is 18.1 Å². The minimum absolute atomic E-state index is 0.177. The van der Waals surface area contributed by atoms with Crippen LogP contribution in [0.15, 0.2) is 11.1 Å². The van der Waals surface area contributed by atoms with E-state index >= 15 is 0 Å². The van der Waals surface area contributed by atoms with Gasteiger partial charge in [0.25, 0.3) is 0 Å². The van der Waals surface area contributed by atoms with E-state index in [1.807, 2.05) is 13.0 Å². The fourth-order valence-electron chi connectivity index (χ4n) is 5.96. The van der Waals surface area contributed by atoms with Gasteiger partial charge in [-0.05, 0) is 86.7 Å². The lowest BCUT2D eigenvalue weighted by molar-refractivity contribution is -0.131. The van der Waals surface area contributed by atoms with E-state index in [1.165, 1.54) is 25.7 Å². The molecule has 4 heteroatoms. The fourth-order valence-corrected chi connectivity index (χ4v) is 7.50. The van der Waals surface area contributed by atoms with E-state index in [9.17, 15) is 4.79 Å². The molecule has 2 nitrogen and oxygen atoms in total. The average Bonchev–Trinajstić information content (AvgIpc) is 2.85. The molecule has 0 aromatic rings. The summed E-state index contributed by atoms with van der Waals surface area (Å²) in [6.07, 6.45) is 10.1. The molecular formula is C24H41ClO2Si. The minimum atomic E-state index is -1.76. The molecule has 3 rings (SSSR count). The summed E-state index contributed by atoms with van der Waals surface area (Å²) in [5, 5.41) is 1.07. The number of hydrogen-bond acceptors (Lipinski definition) is 2. The summed E-state index contributed by atoms with van der Waals surface area (Å²) in [4.78, 5) is 12.7. The monoisotopic (exact) mass is 424 g/mol. The maximum atomic E-state index is 12.7. The topological polar surface area (TPSA) is 26.3 Å². The standard InChI is InChI=1S/C24H41ClO2Si/c1-16(25)8-9-17-12-19-15-24(5)20(13-18(19)14-21(17)26)10-11-22(24)27-28(6,7)23(2,3)4/h8,17-20,22H,9-15H2,1-7H3/b16-8+/t17?,18-,19+,20-,22-,24-/m0/s1. The second-order valence-corrected chi connectivity index (χ2v) is 17.1. The molecule has 0 heterocycles. The van der Waals surface area contributed by atoms with Gasteiger partial charge in [-0.15, -0.1) is 0 Å². The molecule has 0 aliphatic heterocycles. The number of Topliss-reactive ketones (excluding diaryl/α,β-unsaturated/α-hetero) is 1. The third kappa shape index (κ3) is 4.32. The second-order valence-electron chi connectivity index (χ2n) is 11.7. The van der Waals surface area contributed by atoms with Crippen molar-refractivity contribution in [1.82, 2.24) is 0 Å². The molecule has 28 heavy (non-hydrogen) atoms. The Morgan fingerprint density at radius 1 is 1.25 bits per heavy atom. The van der Waals surface area contributed by atoms with E-state index < -0.39 is 8.32 Å². The second kappa shape index (κ2) is 7.85. The largest absolute Gasteiger partial charge is 0.413 e. The maximum absolute atomic E-state index is 12.7. The van der Waals surface area contributed by atoms with Crippen LogP contribution >= 0.6 is 11.6 Å². The molecule has 0 spiro atoms. The maximum Gasteiger partial charge on any atom is 0.192 e. The fraction of sp³-hybridized carbons (Fsp3) is 0.875. The van der Waals surface area contributed by atoms with Crippen LogP contribution in [0.5, 0.6) is 0 Å². The van der Waals surface area contributed by atoms with Gasteiger partial charge in [0.05, 0.1) is 6.10 Å². The molecule has 0 amide bonds. The Hall–Kier alpha value is -0.123. The molecule has 160 valence electrons. The van der Waals surface area contributed by atoms with E-state index in [4.69, 9.17) is 16.0 Å². The normalized spacial score (nSPS) is 39.6. The molecular weight excluding hydrogens is 384 g/mol. The van der Waals surface area contributed by atoms with Crippen molar-refractivity contribution in [2.24, 2.45) is 29.1 Å². The van der Waals surface area contributed by atoms with Crippen LogP contribution in [0.3, 0.4) is 0 Å². The Morgan fingerprint density at radius 2 is 1.93 bits per heavy atom. The van der Waals surface area contributed by atoms with Crippen molar-refractivity contribution in [2.45, 2.75) is 104 Å². The molecule has 0 N–H and O–H groups in total. The molecule has 0 aromatic carbocycles. The molecule has 0 saturated heterocycles. The third-order valence-electron chi connectivity index (χ3n) is 8.83. The first kappa shape index (κ1) is 22.6. The van der Waals surface area contributed by atoms with Crippen LogP contribution in [0.1, 0.15) is 79.6 Å². The molecule has 0 aromatic heterocycles. The summed E-state index contributed by atoms with van der Waals surface area (Å²) in [5.74, 6) is 2.67. The quantitative estimate of drug-likeness (QED) is 0.441. The molecule has 3 fully saturated rings. The van der Waals surface area contributed by atoms with Gasteiger partial charge in [0, 0.05) is 17.4 Å². The SMILES string of the molecule is C/C(Cl)=C\CC1C[C@@H]2C[C@@]3(C)[C@@H](CC[C@@H]3O[Si](C)(C)C(C)(C)C)C[C@H]2CC1=O. The Morgan fingerprint density at radius 3 is 2.54 bits per heavy atom. The van der Waals surface area contributed by atoms with Gasteiger partial charge < -0.3 is 4.43 Å². The van der Waals surface area contributed by atoms with Gasteiger partial charge in [0.2, 0.25) is 0 Å². The number of allylic oxidation sites excluding steroid dienone is 2. The first-order chi connectivity index (χ1) is 12.8. The van der Waals surface area contributed by atoms with Crippen molar-refractivity contribution >= 4 is 25.7 Å². The van der Waals surface area contributed by atoms with E-state index in [2.05, 4.69) is 40.8 Å².